The summed E-state index contributed by atoms with van der Waals surface area (Å²) in [4.78, 5) is 14.5. The van der Waals surface area contributed by atoms with Gasteiger partial charge in [-0.1, -0.05) is 17.9 Å². The lowest BCUT2D eigenvalue weighted by Gasteiger charge is -2.22. The predicted octanol–water partition coefficient (Wildman–Crippen LogP) is 1.86. The standard InChI is InChI=1S/C17H18N2O2/c1-13-5-6-14(4-2-11-20)12-16(13)17(21)19(10-3-9-18)15-7-8-15/h5-6,12,15,20H,3,7-8,10-11H2,1H3. The minimum atomic E-state index is -0.201. The third-order valence-electron chi connectivity index (χ3n) is 3.49. The highest BCUT2D eigenvalue weighted by molar-refractivity contribution is 5.96. The Morgan fingerprint density at radius 2 is 2.24 bits per heavy atom. The molecule has 108 valence electrons. The van der Waals surface area contributed by atoms with E-state index < -0.39 is 0 Å². The molecule has 0 atom stereocenters. The third kappa shape index (κ3) is 3.84. The first-order chi connectivity index (χ1) is 10.2. The van der Waals surface area contributed by atoms with Gasteiger partial charge in [-0.05, 0) is 37.5 Å². The SMILES string of the molecule is Cc1ccc(C#CCO)cc1C(=O)N(CCC#N)C1CC1. The Balaban J connectivity index is 2.26. The molecule has 0 aliphatic heterocycles. The first kappa shape index (κ1) is 15.1. The molecular formula is C17H18N2O2. The van der Waals surface area contributed by atoms with Crippen molar-refractivity contribution in [1.82, 2.24) is 4.90 Å². The predicted molar refractivity (Wildman–Crippen MR) is 79.4 cm³/mol. The van der Waals surface area contributed by atoms with E-state index in [0.29, 0.717) is 24.1 Å². The Labute approximate surface area is 125 Å². The van der Waals surface area contributed by atoms with Crippen LogP contribution in [0.25, 0.3) is 0 Å². The zero-order valence-corrected chi connectivity index (χ0v) is 12.1. The number of hydrogen-bond acceptors (Lipinski definition) is 3. The highest BCUT2D eigenvalue weighted by Gasteiger charge is 2.33. The lowest BCUT2D eigenvalue weighted by molar-refractivity contribution is 0.0746. The van der Waals surface area contributed by atoms with Crippen molar-refractivity contribution in [3.8, 4) is 17.9 Å². The van der Waals surface area contributed by atoms with E-state index in [4.69, 9.17) is 10.4 Å². The van der Waals surface area contributed by atoms with Gasteiger partial charge in [0.05, 0.1) is 12.5 Å². The molecule has 1 aliphatic rings. The van der Waals surface area contributed by atoms with Crippen LogP contribution in [0.1, 0.15) is 40.7 Å². The fourth-order valence-electron chi connectivity index (χ4n) is 2.23. The van der Waals surface area contributed by atoms with Crippen molar-refractivity contribution in [3.05, 3.63) is 34.9 Å². The zero-order chi connectivity index (χ0) is 15.2. The molecule has 1 N–H and O–H groups in total. The fraction of sp³-hybridized carbons (Fsp3) is 0.412. The molecule has 0 spiro atoms. The Morgan fingerprint density at radius 1 is 1.48 bits per heavy atom. The Morgan fingerprint density at radius 3 is 2.86 bits per heavy atom. The van der Waals surface area contributed by atoms with Crippen LogP contribution in [-0.2, 0) is 0 Å². The maximum atomic E-state index is 12.7. The number of aryl methyl sites for hydroxylation is 1. The minimum Gasteiger partial charge on any atom is -0.384 e. The van der Waals surface area contributed by atoms with Crippen LogP contribution < -0.4 is 0 Å². The van der Waals surface area contributed by atoms with Crippen molar-refractivity contribution < 1.29 is 9.90 Å². The first-order valence-corrected chi connectivity index (χ1v) is 7.05. The van der Waals surface area contributed by atoms with Gasteiger partial charge in [0.25, 0.3) is 5.91 Å². The second-order valence-electron chi connectivity index (χ2n) is 5.13. The smallest absolute Gasteiger partial charge is 0.254 e. The number of nitriles is 1. The van der Waals surface area contributed by atoms with Gasteiger partial charge in [-0.2, -0.15) is 5.26 Å². The molecule has 1 aliphatic carbocycles. The van der Waals surface area contributed by atoms with Crippen LogP contribution in [0.5, 0.6) is 0 Å². The molecule has 0 radical (unpaired) electrons. The Bertz CT molecular complexity index is 630. The molecule has 1 fully saturated rings. The number of aliphatic hydroxyl groups is 1. The lowest BCUT2D eigenvalue weighted by atomic mass is 10.0. The summed E-state index contributed by atoms with van der Waals surface area (Å²) in [5, 5.41) is 17.5. The molecule has 1 amide bonds. The van der Waals surface area contributed by atoms with E-state index in [0.717, 1.165) is 18.4 Å². The van der Waals surface area contributed by atoms with Gasteiger partial charge in [0.15, 0.2) is 0 Å². The van der Waals surface area contributed by atoms with Crippen LogP contribution in [0.15, 0.2) is 18.2 Å². The molecule has 1 aromatic carbocycles. The largest absolute Gasteiger partial charge is 0.384 e. The van der Waals surface area contributed by atoms with Gasteiger partial charge in [0.1, 0.15) is 6.61 Å². The van der Waals surface area contributed by atoms with Crippen LogP contribution >= 0.6 is 0 Å². The second kappa shape index (κ2) is 6.92. The number of amides is 1. The second-order valence-corrected chi connectivity index (χ2v) is 5.13. The van der Waals surface area contributed by atoms with Crippen molar-refractivity contribution in [2.45, 2.75) is 32.2 Å². The van der Waals surface area contributed by atoms with Crippen LogP contribution in [0.4, 0.5) is 0 Å². The van der Waals surface area contributed by atoms with Gasteiger partial charge in [-0.25, -0.2) is 0 Å². The summed E-state index contributed by atoms with van der Waals surface area (Å²) in [5.41, 5.74) is 2.25. The van der Waals surface area contributed by atoms with Gasteiger partial charge in [0.2, 0.25) is 0 Å². The minimum absolute atomic E-state index is 0.0297. The molecular weight excluding hydrogens is 264 g/mol. The summed E-state index contributed by atoms with van der Waals surface area (Å²) in [7, 11) is 0. The monoisotopic (exact) mass is 282 g/mol. The summed E-state index contributed by atoms with van der Waals surface area (Å²) in [6.07, 6.45) is 2.38. The molecule has 1 saturated carbocycles. The van der Waals surface area contributed by atoms with Crippen LogP contribution in [0.2, 0.25) is 0 Å². The molecule has 0 bridgehead atoms. The summed E-state index contributed by atoms with van der Waals surface area (Å²) in [6, 6.07) is 7.84. The quantitative estimate of drug-likeness (QED) is 0.857. The van der Waals surface area contributed by atoms with Gasteiger partial charge in [-0.3, -0.25) is 4.79 Å². The highest BCUT2D eigenvalue weighted by Crippen LogP contribution is 2.29. The first-order valence-electron chi connectivity index (χ1n) is 7.05. The molecule has 21 heavy (non-hydrogen) atoms. The number of benzene rings is 1. The van der Waals surface area contributed by atoms with Crippen molar-refractivity contribution >= 4 is 5.91 Å². The number of nitrogens with zero attached hydrogens (tertiary/aromatic N) is 2. The maximum Gasteiger partial charge on any atom is 0.254 e. The Kier molecular flexibility index (Phi) is 4.98. The number of hydrogen-bond donors (Lipinski definition) is 1. The van der Waals surface area contributed by atoms with E-state index in [2.05, 4.69) is 17.9 Å². The van der Waals surface area contributed by atoms with Crippen molar-refractivity contribution in [2.24, 2.45) is 0 Å². The molecule has 0 unspecified atom stereocenters. The topological polar surface area (TPSA) is 64.3 Å². The molecule has 0 saturated heterocycles. The van der Waals surface area contributed by atoms with Crippen LogP contribution in [-0.4, -0.2) is 35.1 Å². The van der Waals surface area contributed by atoms with E-state index in [1.165, 1.54) is 0 Å². The summed E-state index contributed by atoms with van der Waals surface area (Å²) >= 11 is 0. The number of aliphatic hydroxyl groups excluding tert-OH is 1. The maximum absolute atomic E-state index is 12.7. The molecule has 4 nitrogen and oxygen atoms in total. The van der Waals surface area contributed by atoms with Gasteiger partial charge >= 0.3 is 0 Å². The average Bonchev–Trinajstić information content (AvgIpc) is 3.31. The zero-order valence-electron chi connectivity index (χ0n) is 12.1. The van der Waals surface area contributed by atoms with Crippen LogP contribution in [0.3, 0.4) is 0 Å². The van der Waals surface area contributed by atoms with E-state index in [9.17, 15) is 4.79 Å². The average molecular weight is 282 g/mol. The van der Waals surface area contributed by atoms with Crippen LogP contribution in [0, 0.1) is 30.1 Å². The van der Waals surface area contributed by atoms with Gasteiger partial charge < -0.3 is 10.0 Å². The highest BCUT2D eigenvalue weighted by atomic mass is 16.2. The molecule has 1 aromatic rings. The molecule has 2 rings (SSSR count). The Hall–Kier alpha value is -2.30. The van der Waals surface area contributed by atoms with E-state index in [1.807, 2.05) is 19.1 Å². The molecule has 4 heteroatoms. The van der Waals surface area contributed by atoms with Crippen molar-refractivity contribution in [3.63, 3.8) is 0 Å². The number of carbonyl (C=O) groups is 1. The van der Waals surface area contributed by atoms with E-state index in [-0.39, 0.29) is 18.6 Å². The van der Waals surface area contributed by atoms with Crippen molar-refractivity contribution in [1.29, 1.82) is 5.26 Å². The lowest BCUT2D eigenvalue weighted by Crippen LogP contribution is -2.34. The molecule has 0 heterocycles. The van der Waals surface area contributed by atoms with E-state index in [1.54, 1.807) is 11.0 Å². The third-order valence-corrected chi connectivity index (χ3v) is 3.49. The van der Waals surface area contributed by atoms with Gasteiger partial charge in [-0.15, -0.1) is 0 Å². The normalized spacial score (nSPS) is 13.0. The van der Waals surface area contributed by atoms with Crippen molar-refractivity contribution in [2.75, 3.05) is 13.2 Å². The van der Waals surface area contributed by atoms with Gasteiger partial charge in [0, 0.05) is 23.7 Å². The molecule has 0 aromatic heterocycles. The summed E-state index contributed by atoms with van der Waals surface area (Å²) in [5.74, 6) is 5.38. The fourth-order valence-corrected chi connectivity index (χ4v) is 2.23. The van der Waals surface area contributed by atoms with E-state index >= 15 is 0 Å². The number of carbonyl (C=O) groups excluding carboxylic acids is 1. The number of rotatable bonds is 4. The summed E-state index contributed by atoms with van der Waals surface area (Å²) in [6.45, 7) is 2.17. The summed E-state index contributed by atoms with van der Waals surface area (Å²) < 4.78 is 0.